The Hall–Kier alpha value is -1.99. The summed E-state index contributed by atoms with van der Waals surface area (Å²) in [5, 5.41) is 14.4. The van der Waals surface area contributed by atoms with E-state index in [1.54, 1.807) is 0 Å². The minimum absolute atomic E-state index is 0.00318. The molecule has 1 aromatic rings. The predicted molar refractivity (Wildman–Crippen MR) is 73.8 cm³/mol. The standard InChI is InChI=1S/C14H17FN2O4/c15-11-3-1-2-10(14(19)20)13(11)17-12(18)8-21-9-4-6-16-7-5-9/h1-3,9,16H,4-8H2,(H,17,18)(H,19,20). The first-order valence-corrected chi connectivity index (χ1v) is 6.72. The summed E-state index contributed by atoms with van der Waals surface area (Å²) in [6.45, 7) is 1.45. The number of piperidine rings is 1. The van der Waals surface area contributed by atoms with E-state index in [2.05, 4.69) is 10.6 Å². The van der Waals surface area contributed by atoms with Gasteiger partial charge < -0.3 is 20.5 Å². The first kappa shape index (κ1) is 15.4. The van der Waals surface area contributed by atoms with Crippen molar-refractivity contribution in [2.45, 2.75) is 18.9 Å². The van der Waals surface area contributed by atoms with E-state index in [0.717, 1.165) is 32.0 Å². The zero-order valence-electron chi connectivity index (χ0n) is 11.4. The van der Waals surface area contributed by atoms with Crippen molar-refractivity contribution in [2.24, 2.45) is 0 Å². The minimum atomic E-state index is -1.30. The van der Waals surface area contributed by atoms with Crippen LogP contribution in [0.2, 0.25) is 0 Å². The second-order valence-electron chi connectivity index (χ2n) is 4.78. The Kier molecular flexibility index (Phi) is 5.24. The van der Waals surface area contributed by atoms with Crippen LogP contribution in [0.4, 0.5) is 10.1 Å². The highest BCUT2D eigenvalue weighted by Crippen LogP contribution is 2.20. The highest BCUT2D eigenvalue weighted by Gasteiger charge is 2.18. The van der Waals surface area contributed by atoms with Gasteiger partial charge in [0.25, 0.3) is 0 Å². The molecule has 0 aliphatic carbocycles. The summed E-state index contributed by atoms with van der Waals surface area (Å²) in [5.41, 5.74) is -0.617. The fourth-order valence-electron chi connectivity index (χ4n) is 2.16. The van der Waals surface area contributed by atoms with Gasteiger partial charge >= 0.3 is 5.97 Å². The van der Waals surface area contributed by atoms with Crippen molar-refractivity contribution >= 4 is 17.6 Å². The summed E-state index contributed by atoms with van der Waals surface area (Å²) in [6.07, 6.45) is 1.62. The zero-order chi connectivity index (χ0) is 15.2. The number of carboxylic acids is 1. The smallest absolute Gasteiger partial charge is 0.337 e. The van der Waals surface area contributed by atoms with Gasteiger partial charge in [-0.25, -0.2) is 9.18 Å². The van der Waals surface area contributed by atoms with E-state index in [0.29, 0.717) is 0 Å². The number of ether oxygens (including phenoxy) is 1. The van der Waals surface area contributed by atoms with Gasteiger partial charge in [-0.15, -0.1) is 0 Å². The number of carbonyl (C=O) groups excluding carboxylic acids is 1. The van der Waals surface area contributed by atoms with Crippen molar-refractivity contribution in [3.8, 4) is 0 Å². The number of rotatable bonds is 5. The van der Waals surface area contributed by atoms with E-state index in [1.807, 2.05) is 0 Å². The second-order valence-corrected chi connectivity index (χ2v) is 4.78. The van der Waals surface area contributed by atoms with Gasteiger partial charge in [0.1, 0.15) is 12.4 Å². The molecule has 6 nitrogen and oxygen atoms in total. The fraction of sp³-hybridized carbons (Fsp3) is 0.429. The molecule has 114 valence electrons. The van der Waals surface area contributed by atoms with Gasteiger partial charge in [-0.1, -0.05) is 6.07 Å². The van der Waals surface area contributed by atoms with Crippen LogP contribution in [-0.4, -0.2) is 42.8 Å². The van der Waals surface area contributed by atoms with Crippen molar-refractivity contribution in [2.75, 3.05) is 25.0 Å². The van der Waals surface area contributed by atoms with Crippen LogP contribution in [0, 0.1) is 5.82 Å². The number of carbonyl (C=O) groups is 2. The molecule has 21 heavy (non-hydrogen) atoms. The number of para-hydroxylation sites is 1. The van der Waals surface area contributed by atoms with Crippen molar-refractivity contribution in [3.63, 3.8) is 0 Å². The highest BCUT2D eigenvalue weighted by atomic mass is 19.1. The molecule has 2 rings (SSSR count). The van der Waals surface area contributed by atoms with E-state index >= 15 is 0 Å². The molecule has 0 radical (unpaired) electrons. The summed E-state index contributed by atoms with van der Waals surface area (Å²) in [5.74, 6) is -2.66. The minimum Gasteiger partial charge on any atom is -0.478 e. The monoisotopic (exact) mass is 296 g/mol. The molecular weight excluding hydrogens is 279 g/mol. The summed E-state index contributed by atoms with van der Waals surface area (Å²) in [6, 6.07) is 3.60. The van der Waals surface area contributed by atoms with Crippen LogP contribution in [0.25, 0.3) is 0 Å². The molecule has 1 aromatic carbocycles. The Morgan fingerprint density at radius 1 is 1.38 bits per heavy atom. The molecule has 1 heterocycles. The summed E-state index contributed by atoms with van der Waals surface area (Å²) >= 11 is 0. The Balaban J connectivity index is 1.94. The molecule has 3 N–H and O–H groups in total. The molecule has 0 atom stereocenters. The summed E-state index contributed by atoms with van der Waals surface area (Å²) in [7, 11) is 0. The molecule has 1 amide bonds. The number of benzene rings is 1. The molecule has 0 bridgehead atoms. The van der Waals surface area contributed by atoms with Gasteiger partial charge in [0, 0.05) is 0 Å². The fourth-order valence-corrected chi connectivity index (χ4v) is 2.16. The van der Waals surface area contributed by atoms with Gasteiger partial charge in [0.15, 0.2) is 0 Å². The molecule has 0 spiro atoms. The first-order valence-electron chi connectivity index (χ1n) is 6.72. The Labute approximate surface area is 121 Å². The summed E-state index contributed by atoms with van der Waals surface area (Å²) in [4.78, 5) is 22.8. The number of hydrogen-bond acceptors (Lipinski definition) is 4. The van der Waals surface area contributed by atoms with Crippen LogP contribution in [0.15, 0.2) is 18.2 Å². The number of amides is 1. The topological polar surface area (TPSA) is 87.7 Å². The van der Waals surface area contributed by atoms with E-state index < -0.39 is 17.7 Å². The molecule has 1 saturated heterocycles. The average molecular weight is 296 g/mol. The third-order valence-electron chi connectivity index (χ3n) is 3.24. The molecule has 0 unspecified atom stereocenters. The predicted octanol–water partition coefficient (Wildman–Crippen LogP) is 1.23. The van der Waals surface area contributed by atoms with E-state index in [1.165, 1.54) is 12.1 Å². The van der Waals surface area contributed by atoms with Crippen LogP contribution in [0.3, 0.4) is 0 Å². The lowest BCUT2D eigenvalue weighted by Crippen LogP contribution is -2.34. The number of anilines is 1. The largest absolute Gasteiger partial charge is 0.478 e. The third-order valence-corrected chi connectivity index (χ3v) is 3.24. The lowest BCUT2D eigenvalue weighted by Gasteiger charge is -2.22. The van der Waals surface area contributed by atoms with Crippen molar-refractivity contribution in [1.29, 1.82) is 0 Å². The Morgan fingerprint density at radius 3 is 2.76 bits per heavy atom. The number of nitrogens with one attached hydrogen (secondary N) is 2. The van der Waals surface area contributed by atoms with Crippen LogP contribution >= 0.6 is 0 Å². The number of carboxylic acid groups (broad SMARTS) is 1. The van der Waals surface area contributed by atoms with E-state index in [9.17, 15) is 14.0 Å². The normalized spacial score (nSPS) is 15.7. The quantitative estimate of drug-likeness (QED) is 0.760. The molecule has 7 heteroatoms. The average Bonchev–Trinajstić information content (AvgIpc) is 2.48. The molecule has 1 aliphatic heterocycles. The van der Waals surface area contributed by atoms with Crippen LogP contribution in [0.1, 0.15) is 23.2 Å². The van der Waals surface area contributed by atoms with E-state index in [4.69, 9.17) is 9.84 Å². The zero-order valence-corrected chi connectivity index (χ0v) is 11.4. The molecule has 1 aliphatic rings. The first-order chi connectivity index (χ1) is 10.1. The van der Waals surface area contributed by atoms with Gasteiger partial charge in [-0.3, -0.25) is 4.79 Å². The maximum Gasteiger partial charge on any atom is 0.337 e. The van der Waals surface area contributed by atoms with Gasteiger partial charge in [0.2, 0.25) is 5.91 Å². The van der Waals surface area contributed by atoms with Gasteiger partial charge in [-0.2, -0.15) is 0 Å². The van der Waals surface area contributed by atoms with Crippen LogP contribution in [0.5, 0.6) is 0 Å². The molecule has 1 fully saturated rings. The van der Waals surface area contributed by atoms with E-state index in [-0.39, 0.29) is 24.0 Å². The van der Waals surface area contributed by atoms with Crippen LogP contribution in [-0.2, 0) is 9.53 Å². The maximum atomic E-state index is 13.6. The van der Waals surface area contributed by atoms with Crippen LogP contribution < -0.4 is 10.6 Å². The van der Waals surface area contributed by atoms with Crippen molar-refractivity contribution in [1.82, 2.24) is 5.32 Å². The lowest BCUT2D eigenvalue weighted by atomic mass is 10.1. The summed E-state index contributed by atoms with van der Waals surface area (Å²) < 4.78 is 19.1. The SMILES string of the molecule is O=C(COC1CCNCC1)Nc1c(F)cccc1C(=O)O. The Morgan fingerprint density at radius 2 is 2.10 bits per heavy atom. The number of halogens is 1. The van der Waals surface area contributed by atoms with Crippen molar-refractivity contribution < 1.29 is 23.8 Å². The molecular formula is C14H17FN2O4. The molecule has 0 aromatic heterocycles. The van der Waals surface area contributed by atoms with Crippen molar-refractivity contribution in [3.05, 3.63) is 29.6 Å². The van der Waals surface area contributed by atoms with Gasteiger partial charge in [-0.05, 0) is 38.1 Å². The third kappa shape index (κ3) is 4.24. The lowest BCUT2D eigenvalue weighted by molar-refractivity contribution is -0.123. The highest BCUT2D eigenvalue weighted by molar-refractivity contribution is 6.01. The number of hydrogen-bond donors (Lipinski definition) is 3. The Bertz CT molecular complexity index is 530. The number of aromatic carboxylic acids is 1. The molecule has 0 saturated carbocycles. The maximum absolute atomic E-state index is 13.6. The van der Waals surface area contributed by atoms with Gasteiger partial charge in [0.05, 0.1) is 17.4 Å². The second kappa shape index (κ2) is 7.14.